The van der Waals surface area contributed by atoms with Crippen LogP contribution in [-0.2, 0) is 9.59 Å². The van der Waals surface area contributed by atoms with Crippen molar-refractivity contribution < 1.29 is 14.7 Å². The van der Waals surface area contributed by atoms with E-state index in [4.69, 9.17) is 0 Å². The number of β-amino-alcohol motifs (C(OH)–C–C–N with tert-alkyl or cyclic N) is 1. The topological polar surface area (TPSA) is 90.5 Å². The van der Waals surface area contributed by atoms with Crippen LogP contribution in [0.4, 0.5) is 0 Å². The fourth-order valence-corrected chi connectivity index (χ4v) is 2.73. The molecule has 0 aromatic heterocycles. The number of aryl methyl sites for hydroxylation is 1. The van der Waals surface area contributed by atoms with Gasteiger partial charge in [0.2, 0.25) is 11.8 Å². The molecule has 126 valence electrons. The van der Waals surface area contributed by atoms with E-state index in [0.29, 0.717) is 19.6 Å². The van der Waals surface area contributed by atoms with Gasteiger partial charge in [0.05, 0.1) is 18.6 Å². The van der Waals surface area contributed by atoms with Crippen LogP contribution in [0, 0.1) is 12.8 Å². The molecule has 1 aromatic carbocycles. The Hall–Kier alpha value is -1.92. The monoisotopic (exact) mass is 319 g/mol. The van der Waals surface area contributed by atoms with Gasteiger partial charge in [0, 0.05) is 32.5 Å². The van der Waals surface area contributed by atoms with Gasteiger partial charge in [0.15, 0.2) is 0 Å². The van der Waals surface area contributed by atoms with Gasteiger partial charge in [0.1, 0.15) is 0 Å². The van der Waals surface area contributed by atoms with Crippen molar-refractivity contribution in [2.24, 2.45) is 5.92 Å². The largest absolute Gasteiger partial charge is 0.391 e. The van der Waals surface area contributed by atoms with Crippen molar-refractivity contribution in [2.45, 2.75) is 32.4 Å². The summed E-state index contributed by atoms with van der Waals surface area (Å²) in [6, 6.07) is 7.42. The van der Waals surface area contributed by atoms with Crippen molar-refractivity contribution in [2.75, 3.05) is 19.6 Å². The Morgan fingerprint density at radius 2 is 2.00 bits per heavy atom. The zero-order valence-electron chi connectivity index (χ0n) is 13.6. The Labute approximate surface area is 136 Å². The van der Waals surface area contributed by atoms with Gasteiger partial charge in [-0.05, 0) is 12.5 Å². The third kappa shape index (κ3) is 5.33. The van der Waals surface area contributed by atoms with Crippen LogP contribution in [0.3, 0.4) is 0 Å². The molecule has 0 bridgehead atoms. The number of hydrogen-bond donors (Lipinski definition) is 4. The summed E-state index contributed by atoms with van der Waals surface area (Å²) in [5.41, 5.74) is 2.03. The van der Waals surface area contributed by atoms with Gasteiger partial charge in [-0.15, -0.1) is 0 Å². The van der Waals surface area contributed by atoms with Gasteiger partial charge in [-0.2, -0.15) is 0 Å². The molecule has 3 atom stereocenters. The number of amides is 2. The van der Waals surface area contributed by atoms with Gasteiger partial charge in [-0.3, -0.25) is 9.59 Å². The minimum Gasteiger partial charge on any atom is -0.391 e. The standard InChI is InChI=1S/C17H25N3O3/c1-11-3-5-13(6-4-11)15(20-12(2)21)7-17(23)19-9-14-8-18-10-16(14)22/h3-6,14-16,18,22H,7-10H2,1-2H3,(H,19,23)(H,20,21). The van der Waals surface area contributed by atoms with Crippen LogP contribution in [0.2, 0.25) is 0 Å². The van der Waals surface area contributed by atoms with Crippen LogP contribution in [0.25, 0.3) is 0 Å². The van der Waals surface area contributed by atoms with E-state index in [-0.39, 0.29) is 30.2 Å². The Morgan fingerprint density at radius 3 is 2.57 bits per heavy atom. The van der Waals surface area contributed by atoms with Crippen LogP contribution in [0.1, 0.15) is 30.5 Å². The molecule has 6 nitrogen and oxygen atoms in total. The van der Waals surface area contributed by atoms with E-state index in [2.05, 4.69) is 16.0 Å². The molecule has 6 heteroatoms. The lowest BCUT2D eigenvalue weighted by molar-refractivity contribution is -0.123. The highest BCUT2D eigenvalue weighted by molar-refractivity contribution is 5.79. The Bertz CT molecular complexity index is 545. The molecule has 2 amide bonds. The molecule has 0 saturated carbocycles. The van der Waals surface area contributed by atoms with E-state index < -0.39 is 6.10 Å². The van der Waals surface area contributed by atoms with Crippen LogP contribution in [0.5, 0.6) is 0 Å². The van der Waals surface area contributed by atoms with Crippen molar-refractivity contribution in [3.05, 3.63) is 35.4 Å². The van der Waals surface area contributed by atoms with Crippen LogP contribution < -0.4 is 16.0 Å². The second-order valence-electron chi connectivity index (χ2n) is 6.16. The SMILES string of the molecule is CC(=O)NC(CC(=O)NCC1CNCC1O)c1ccc(C)cc1. The summed E-state index contributed by atoms with van der Waals surface area (Å²) in [4.78, 5) is 23.6. The highest BCUT2D eigenvalue weighted by Crippen LogP contribution is 2.18. The second kappa shape index (κ2) is 8.08. The Balaban J connectivity index is 1.92. The lowest BCUT2D eigenvalue weighted by Gasteiger charge is -2.19. The minimum absolute atomic E-state index is 0.0394. The van der Waals surface area contributed by atoms with Gasteiger partial charge in [-0.25, -0.2) is 0 Å². The lowest BCUT2D eigenvalue weighted by Crippen LogP contribution is -2.37. The summed E-state index contributed by atoms with van der Waals surface area (Å²) in [7, 11) is 0. The van der Waals surface area contributed by atoms with Gasteiger partial charge >= 0.3 is 0 Å². The quantitative estimate of drug-likeness (QED) is 0.605. The normalized spacial score (nSPS) is 21.7. The van der Waals surface area contributed by atoms with Gasteiger partial charge in [0.25, 0.3) is 0 Å². The number of aliphatic hydroxyl groups is 1. The number of rotatable bonds is 6. The third-order valence-corrected chi connectivity index (χ3v) is 4.11. The maximum Gasteiger partial charge on any atom is 0.222 e. The van der Waals surface area contributed by atoms with Crippen LogP contribution in [0.15, 0.2) is 24.3 Å². The first-order valence-corrected chi connectivity index (χ1v) is 7.95. The summed E-state index contributed by atoms with van der Waals surface area (Å²) < 4.78 is 0. The number of hydrogen-bond acceptors (Lipinski definition) is 4. The number of aliphatic hydroxyl groups excluding tert-OH is 1. The van der Waals surface area contributed by atoms with E-state index in [9.17, 15) is 14.7 Å². The molecule has 2 rings (SSSR count). The molecule has 3 unspecified atom stereocenters. The van der Waals surface area contributed by atoms with E-state index in [1.165, 1.54) is 6.92 Å². The van der Waals surface area contributed by atoms with Crippen molar-refractivity contribution in [1.29, 1.82) is 0 Å². The Morgan fingerprint density at radius 1 is 1.30 bits per heavy atom. The zero-order chi connectivity index (χ0) is 16.8. The van der Waals surface area contributed by atoms with E-state index in [0.717, 1.165) is 11.1 Å². The number of benzene rings is 1. The average Bonchev–Trinajstić information content (AvgIpc) is 2.90. The van der Waals surface area contributed by atoms with Crippen molar-refractivity contribution >= 4 is 11.8 Å². The first-order valence-electron chi connectivity index (χ1n) is 7.95. The van der Waals surface area contributed by atoms with Crippen molar-refractivity contribution in [3.8, 4) is 0 Å². The summed E-state index contributed by atoms with van der Waals surface area (Å²) in [6.45, 7) is 5.14. The van der Waals surface area contributed by atoms with E-state index in [1.807, 2.05) is 31.2 Å². The van der Waals surface area contributed by atoms with Gasteiger partial charge in [-0.1, -0.05) is 29.8 Å². The molecule has 0 spiro atoms. The summed E-state index contributed by atoms with van der Waals surface area (Å²) >= 11 is 0. The predicted molar refractivity (Wildman–Crippen MR) is 87.7 cm³/mol. The fourth-order valence-electron chi connectivity index (χ4n) is 2.73. The maximum atomic E-state index is 12.2. The molecule has 1 saturated heterocycles. The molecule has 1 aliphatic rings. The molecule has 23 heavy (non-hydrogen) atoms. The maximum absolute atomic E-state index is 12.2. The summed E-state index contributed by atoms with van der Waals surface area (Å²) in [5.74, 6) is -0.264. The first kappa shape index (κ1) is 17.4. The smallest absolute Gasteiger partial charge is 0.222 e. The molecular formula is C17H25N3O3. The highest BCUT2D eigenvalue weighted by atomic mass is 16.3. The number of carbonyl (C=O) groups excluding carboxylic acids is 2. The molecule has 0 aliphatic carbocycles. The van der Waals surface area contributed by atoms with Crippen LogP contribution >= 0.6 is 0 Å². The molecule has 1 aliphatic heterocycles. The molecular weight excluding hydrogens is 294 g/mol. The minimum atomic E-state index is -0.418. The summed E-state index contributed by atoms with van der Waals surface area (Å²) in [5, 5.41) is 18.5. The number of nitrogens with one attached hydrogen (secondary N) is 3. The summed E-state index contributed by atoms with van der Waals surface area (Å²) in [6.07, 6.45) is -0.239. The molecule has 0 radical (unpaired) electrons. The average molecular weight is 319 g/mol. The second-order valence-corrected chi connectivity index (χ2v) is 6.16. The van der Waals surface area contributed by atoms with Crippen molar-refractivity contribution in [3.63, 3.8) is 0 Å². The molecule has 1 aromatic rings. The molecule has 4 N–H and O–H groups in total. The fraction of sp³-hybridized carbons (Fsp3) is 0.529. The first-order chi connectivity index (χ1) is 11.0. The molecule has 1 heterocycles. The Kier molecular flexibility index (Phi) is 6.12. The molecule has 1 fully saturated rings. The van der Waals surface area contributed by atoms with Crippen molar-refractivity contribution in [1.82, 2.24) is 16.0 Å². The van der Waals surface area contributed by atoms with E-state index in [1.54, 1.807) is 0 Å². The zero-order valence-corrected chi connectivity index (χ0v) is 13.6. The predicted octanol–water partition coefficient (Wildman–Crippen LogP) is 0.259. The van der Waals surface area contributed by atoms with Gasteiger partial charge < -0.3 is 21.1 Å². The lowest BCUT2D eigenvalue weighted by atomic mass is 10.0. The third-order valence-electron chi connectivity index (χ3n) is 4.11. The number of carbonyl (C=O) groups is 2. The van der Waals surface area contributed by atoms with Crippen LogP contribution in [-0.4, -0.2) is 42.7 Å². The van der Waals surface area contributed by atoms with E-state index >= 15 is 0 Å². The highest BCUT2D eigenvalue weighted by Gasteiger charge is 2.25.